The van der Waals surface area contributed by atoms with Crippen LogP contribution in [0.25, 0.3) is 0 Å². The van der Waals surface area contributed by atoms with Crippen LogP contribution in [0.4, 0.5) is 16.2 Å². The molecule has 0 bridgehead atoms. The Morgan fingerprint density at radius 1 is 1.48 bits per heavy atom. The summed E-state index contributed by atoms with van der Waals surface area (Å²) in [6, 6.07) is 1.45. The van der Waals surface area contributed by atoms with Crippen LogP contribution in [0.2, 0.25) is 5.15 Å². The molecule has 1 aromatic rings. The highest BCUT2D eigenvalue weighted by Gasteiger charge is 2.27. The predicted molar refractivity (Wildman–Crippen MR) is 94.9 cm³/mol. The van der Waals surface area contributed by atoms with Crippen LogP contribution in [-0.4, -0.2) is 46.1 Å². The first kappa shape index (κ1) is 19.2. The molecular formula is C16H23ClN4O4. The van der Waals surface area contributed by atoms with E-state index in [-0.39, 0.29) is 16.9 Å². The van der Waals surface area contributed by atoms with Gasteiger partial charge in [0.15, 0.2) is 0 Å². The molecule has 1 aliphatic heterocycles. The number of piperidine rings is 1. The van der Waals surface area contributed by atoms with Crippen molar-refractivity contribution in [3.05, 3.63) is 27.5 Å². The molecule has 1 aliphatic rings. The Bertz CT molecular complexity index is 640. The van der Waals surface area contributed by atoms with E-state index in [9.17, 15) is 14.9 Å². The molecule has 2 heterocycles. The first-order valence-corrected chi connectivity index (χ1v) is 8.55. The maximum atomic E-state index is 12.0. The van der Waals surface area contributed by atoms with Crippen molar-refractivity contribution < 1.29 is 14.5 Å². The fraction of sp³-hybridized carbons (Fsp3) is 0.625. The molecule has 0 unspecified atom stereocenters. The molecule has 0 saturated carbocycles. The van der Waals surface area contributed by atoms with Gasteiger partial charge in [-0.3, -0.25) is 10.1 Å². The second-order valence-corrected chi connectivity index (χ2v) is 7.46. The van der Waals surface area contributed by atoms with E-state index in [1.165, 1.54) is 6.07 Å². The SMILES string of the molecule is CC(C)(C)OC(=O)N1CCC(CNc2cc(Cl)ncc2[N+](=O)[O-])CC1. The second kappa shape index (κ2) is 7.86. The molecular weight excluding hydrogens is 348 g/mol. The van der Waals surface area contributed by atoms with Crippen LogP contribution in [-0.2, 0) is 4.74 Å². The molecule has 0 radical (unpaired) electrons. The fourth-order valence-corrected chi connectivity index (χ4v) is 2.77. The fourth-order valence-electron chi connectivity index (χ4n) is 2.61. The third-order valence-electron chi connectivity index (χ3n) is 3.89. The zero-order chi connectivity index (χ0) is 18.6. The van der Waals surface area contributed by atoms with Crippen molar-refractivity contribution in [3.63, 3.8) is 0 Å². The Morgan fingerprint density at radius 2 is 2.12 bits per heavy atom. The lowest BCUT2D eigenvalue weighted by atomic mass is 9.97. The van der Waals surface area contributed by atoms with Crippen LogP contribution in [0.5, 0.6) is 0 Å². The molecule has 1 N–H and O–H groups in total. The minimum Gasteiger partial charge on any atom is -0.444 e. The molecule has 0 spiro atoms. The topological polar surface area (TPSA) is 97.6 Å². The number of amides is 1. The lowest BCUT2D eigenvalue weighted by molar-refractivity contribution is -0.384. The molecule has 1 aromatic heterocycles. The number of halogens is 1. The van der Waals surface area contributed by atoms with Gasteiger partial charge in [0.05, 0.1) is 4.92 Å². The number of carbonyl (C=O) groups is 1. The minimum atomic E-state index is -0.505. The van der Waals surface area contributed by atoms with Gasteiger partial charge < -0.3 is 15.0 Å². The number of nitro groups is 1. The van der Waals surface area contributed by atoms with Crippen molar-refractivity contribution in [2.24, 2.45) is 5.92 Å². The van der Waals surface area contributed by atoms with E-state index in [1.807, 2.05) is 20.8 Å². The van der Waals surface area contributed by atoms with Gasteiger partial charge in [0.25, 0.3) is 0 Å². The number of anilines is 1. The highest BCUT2D eigenvalue weighted by Crippen LogP contribution is 2.27. The average Bonchev–Trinajstić information content (AvgIpc) is 2.51. The van der Waals surface area contributed by atoms with Gasteiger partial charge in [-0.05, 0) is 39.5 Å². The molecule has 0 aromatic carbocycles. The average molecular weight is 371 g/mol. The summed E-state index contributed by atoms with van der Waals surface area (Å²) in [5.41, 5.74) is -0.246. The standard InChI is InChI=1S/C16H23ClN4O4/c1-16(2,3)25-15(22)20-6-4-11(5-7-20)9-18-12-8-14(17)19-10-13(12)21(23)24/h8,10-11H,4-7,9H2,1-3H3,(H,18,19). The molecule has 25 heavy (non-hydrogen) atoms. The van der Waals surface area contributed by atoms with Gasteiger partial charge in [-0.25, -0.2) is 9.78 Å². The zero-order valence-electron chi connectivity index (χ0n) is 14.6. The van der Waals surface area contributed by atoms with Crippen LogP contribution < -0.4 is 5.32 Å². The van der Waals surface area contributed by atoms with Gasteiger partial charge >= 0.3 is 11.8 Å². The van der Waals surface area contributed by atoms with Crippen molar-refractivity contribution >= 4 is 29.1 Å². The number of ether oxygens (including phenoxy) is 1. The monoisotopic (exact) mass is 370 g/mol. The highest BCUT2D eigenvalue weighted by atomic mass is 35.5. The molecule has 0 aliphatic carbocycles. The first-order chi connectivity index (χ1) is 11.7. The summed E-state index contributed by atoms with van der Waals surface area (Å²) in [7, 11) is 0. The number of pyridine rings is 1. The minimum absolute atomic E-state index is 0.101. The predicted octanol–water partition coefficient (Wildman–Crippen LogP) is 3.70. The van der Waals surface area contributed by atoms with Crippen molar-refractivity contribution in [2.45, 2.75) is 39.2 Å². The summed E-state index contributed by atoms with van der Waals surface area (Å²) < 4.78 is 5.37. The number of likely N-dealkylation sites (tertiary alicyclic amines) is 1. The maximum absolute atomic E-state index is 12.0. The molecule has 2 rings (SSSR count). The molecule has 1 amide bonds. The van der Waals surface area contributed by atoms with E-state index in [1.54, 1.807) is 4.90 Å². The van der Waals surface area contributed by atoms with E-state index in [0.717, 1.165) is 19.0 Å². The van der Waals surface area contributed by atoms with Crippen molar-refractivity contribution in [2.75, 3.05) is 25.0 Å². The first-order valence-electron chi connectivity index (χ1n) is 8.17. The lowest BCUT2D eigenvalue weighted by Crippen LogP contribution is -2.42. The van der Waals surface area contributed by atoms with Gasteiger partial charge in [-0.1, -0.05) is 11.6 Å². The summed E-state index contributed by atoms with van der Waals surface area (Å²) in [4.78, 5) is 28.0. The van der Waals surface area contributed by atoms with E-state index < -0.39 is 10.5 Å². The van der Waals surface area contributed by atoms with Crippen molar-refractivity contribution in [1.82, 2.24) is 9.88 Å². The van der Waals surface area contributed by atoms with Crippen molar-refractivity contribution in [3.8, 4) is 0 Å². The maximum Gasteiger partial charge on any atom is 0.410 e. The van der Waals surface area contributed by atoms with Crippen molar-refractivity contribution in [1.29, 1.82) is 0 Å². The number of hydrogen-bond acceptors (Lipinski definition) is 6. The molecule has 1 saturated heterocycles. The number of carbonyl (C=O) groups excluding carboxylic acids is 1. The Hall–Kier alpha value is -2.09. The highest BCUT2D eigenvalue weighted by molar-refractivity contribution is 6.29. The molecule has 0 atom stereocenters. The van der Waals surface area contributed by atoms with Crippen LogP contribution in [0.3, 0.4) is 0 Å². The van der Waals surface area contributed by atoms with E-state index in [2.05, 4.69) is 10.3 Å². The smallest absolute Gasteiger partial charge is 0.410 e. The van der Waals surface area contributed by atoms with E-state index >= 15 is 0 Å². The molecule has 8 nitrogen and oxygen atoms in total. The molecule has 1 fully saturated rings. The number of rotatable bonds is 4. The summed E-state index contributed by atoms with van der Waals surface area (Å²) in [5.74, 6) is 0.310. The van der Waals surface area contributed by atoms with E-state index in [0.29, 0.717) is 31.2 Å². The largest absolute Gasteiger partial charge is 0.444 e. The van der Waals surface area contributed by atoms with Gasteiger partial charge in [0, 0.05) is 25.7 Å². The zero-order valence-corrected chi connectivity index (χ0v) is 15.4. The van der Waals surface area contributed by atoms with Gasteiger partial charge in [0.2, 0.25) is 0 Å². The number of hydrogen-bond donors (Lipinski definition) is 1. The van der Waals surface area contributed by atoms with E-state index in [4.69, 9.17) is 16.3 Å². The lowest BCUT2D eigenvalue weighted by Gasteiger charge is -2.33. The Kier molecular flexibility index (Phi) is 6.05. The quantitative estimate of drug-likeness (QED) is 0.493. The van der Waals surface area contributed by atoms with Gasteiger partial charge in [0.1, 0.15) is 22.6 Å². The summed E-state index contributed by atoms with van der Waals surface area (Å²) in [6.07, 6.45) is 2.46. The van der Waals surface area contributed by atoms with Crippen LogP contribution in [0.1, 0.15) is 33.6 Å². The Balaban J connectivity index is 1.86. The molecule has 9 heteroatoms. The number of nitrogens with zero attached hydrogens (tertiary/aromatic N) is 3. The Labute approximate surface area is 151 Å². The van der Waals surface area contributed by atoms with Crippen LogP contribution in [0.15, 0.2) is 12.3 Å². The third kappa shape index (κ3) is 5.74. The second-order valence-electron chi connectivity index (χ2n) is 7.07. The van der Waals surface area contributed by atoms with Gasteiger partial charge in [-0.2, -0.15) is 0 Å². The summed E-state index contributed by atoms with van der Waals surface area (Å²) in [6.45, 7) is 7.32. The van der Waals surface area contributed by atoms with Crippen LogP contribution >= 0.6 is 11.6 Å². The Morgan fingerprint density at radius 3 is 2.68 bits per heavy atom. The number of nitrogens with one attached hydrogen (secondary N) is 1. The molecule has 138 valence electrons. The number of aromatic nitrogens is 1. The summed E-state index contributed by atoms with van der Waals surface area (Å²) in [5, 5.41) is 14.3. The summed E-state index contributed by atoms with van der Waals surface area (Å²) >= 11 is 5.82. The van der Waals surface area contributed by atoms with Crippen LogP contribution in [0, 0.1) is 16.0 Å². The van der Waals surface area contributed by atoms with Gasteiger partial charge in [-0.15, -0.1) is 0 Å². The normalized spacial score (nSPS) is 15.8. The third-order valence-corrected chi connectivity index (χ3v) is 4.10.